The first-order chi connectivity index (χ1) is 13.2. The third-order valence-corrected chi connectivity index (χ3v) is 5.26. The number of methoxy groups -OCH3 is 1. The Hall–Kier alpha value is -2.94. The maximum Gasteiger partial charge on any atom is 0.274 e. The van der Waals surface area contributed by atoms with E-state index >= 15 is 0 Å². The Morgan fingerprint density at radius 1 is 1.33 bits per heavy atom. The number of carbonyl (C=O) groups is 1. The van der Waals surface area contributed by atoms with Crippen molar-refractivity contribution in [3.05, 3.63) is 47.6 Å². The zero-order chi connectivity index (χ0) is 18.6. The molecule has 1 aliphatic heterocycles. The summed E-state index contributed by atoms with van der Waals surface area (Å²) in [7, 11) is 1.63. The summed E-state index contributed by atoms with van der Waals surface area (Å²) in [4.78, 5) is 23.4. The van der Waals surface area contributed by atoms with E-state index in [0.29, 0.717) is 23.2 Å². The summed E-state index contributed by atoms with van der Waals surface area (Å²) >= 11 is 1.39. The summed E-state index contributed by atoms with van der Waals surface area (Å²) in [5.74, 6) is 1.23. The largest absolute Gasteiger partial charge is 0.497 e. The Kier molecular flexibility index (Phi) is 5.01. The maximum absolute atomic E-state index is 13.0. The first kappa shape index (κ1) is 17.5. The van der Waals surface area contributed by atoms with Crippen LogP contribution in [0.25, 0.3) is 0 Å². The lowest BCUT2D eigenvalue weighted by atomic mass is 10.0. The molecule has 0 aliphatic carbocycles. The van der Waals surface area contributed by atoms with Gasteiger partial charge in [-0.25, -0.2) is 4.98 Å². The first-order valence-corrected chi connectivity index (χ1v) is 9.56. The summed E-state index contributed by atoms with van der Waals surface area (Å²) in [5, 5.41) is 9.57. The molecular weight excluding hydrogens is 366 g/mol. The van der Waals surface area contributed by atoms with Crippen molar-refractivity contribution in [1.29, 1.82) is 0 Å². The van der Waals surface area contributed by atoms with Crippen molar-refractivity contribution in [3.8, 4) is 5.75 Å². The van der Waals surface area contributed by atoms with Crippen LogP contribution in [0.5, 0.6) is 5.75 Å². The predicted molar refractivity (Wildman–Crippen MR) is 100 cm³/mol. The third kappa shape index (κ3) is 3.77. The average molecular weight is 385 g/mol. The van der Waals surface area contributed by atoms with Gasteiger partial charge < -0.3 is 19.5 Å². The van der Waals surface area contributed by atoms with E-state index in [-0.39, 0.29) is 11.9 Å². The van der Waals surface area contributed by atoms with Crippen molar-refractivity contribution in [1.82, 2.24) is 20.0 Å². The second kappa shape index (κ2) is 7.75. The smallest absolute Gasteiger partial charge is 0.274 e. The van der Waals surface area contributed by atoms with Crippen LogP contribution in [0.3, 0.4) is 0 Å². The summed E-state index contributed by atoms with van der Waals surface area (Å²) in [6.45, 7) is 0.664. The lowest BCUT2D eigenvalue weighted by Crippen LogP contribution is -2.39. The fraction of sp³-hybridized carbons (Fsp3) is 0.333. The Morgan fingerprint density at radius 2 is 2.19 bits per heavy atom. The van der Waals surface area contributed by atoms with Crippen LogP contribution in [0.2, 0.25) is 0 Å². The van der Waals surface area contributed by atoms with E-state index in [4.69, 9.17) is 9.26 Å². The molecule has 1 unspecified atom stereocenters. The van der Waals surface area contributed by atoms with Gasteiger partial charge in [-0.3, -0.25) is 4.79 Å². The van der Waals surface area contributed by atoms with Crippen molar-refractivity contribution in [3.63, 3.8) is 0 Å². The molecule has 140 valence electrons. The highest BCUT2D eigenvalue weighted by molar-refractivity contribution is 7.14. The molecule has 1 aromatic carbocycles. The third-order valence-electron chi connectivity index (χ3n) is 4.50. The number of piperidine rings is 1. The molecule has 1 saturated heterocycles. The Bertz CT molecular complexity index is 894. The number of thiazole rings is 1. The highest BCUT2D eigenvalue weighted by Crippen LogP contribution is 2.31. The second-order valence-electron chi connectivity index (χ2n) is 6.19. The van der Waals surface area contributed by atoms with Crippen LogP contribution in [-0.4, -0.2) is 39.6 Å². The molecule has 0 bridgehead atoms. The van der Waals surface area contributed by atoms with E-state index in [1.807, 2.05) is 24.3 Å². The molecule has 27 heavy (non-hydrogen) atoms. The van der Waals surface area contributed by atoms with Crippen molar-refractivity contribution in [2.75, 3.05) is 19.0 Å². The van der Waals surface area contributed by atoms with Gasteiger partial charge in [0.1, 0.15) is 11.4 Å². The Morgan fingerprint density at radius 3 is 2.93 bits per heavy atom. The minimum Gasteiger partial charge on any atom is -0.497 e. The molecule has 8 nitrogen and oxygen atoms in total. The number of carbonyl (C=O) groups excluding carboxylic acids is 1. The van der Waals surface area contributed by atoms with E-state index in [1.54, 1.807) is 17.4 Å². The normalized spacial score (nSPS) is 16.9. The number of ether oxygens (including phenoxy) is 1. The van der Waals surface area contributed by atoms with Gasteiger partial charge in [0.05, 0.1) is 13.2 Å². The zero-order valence-electron chi connectivity index (χ0n) is 14.8. The monoisotopic (exact) mass is 385 g/mol. The van der Waals surface area contributed by atoms with Gasteiger partial charge in [-0.1, -0.05) is 5.16 Å². The summed E-state index contributed by atoms with van der Waals surface area (Å²) in [5.41, 5.74) is 1.30. The summed E-state index contributed by atoms with van der Waals surface area (Å²) in [6, 6.07) is 7.37. The average Bonchev–Trinajstić information content (AvgIpc) is 3.40. The van der Waals surface area contributed by atoms with Crippen LogP contribution in [0.15, 0.2) is 40.6 Å². The second-order valence-corrected chi connectivity index (χ2v) is 7.05. The number of hydrogen-bond acceptors (Lipinski definition) is 8. The molecule has 1 aliphatic rings. The van der Waals surface area contributed by atoms with E-state index < -0.39 is 0 Å². The van der Waals surface area contributed by atoms with Crippen molar-refractivity contribution in [2.24, 2.45) is 0 Å². The molecule has 3 heterocycles. The molecule has 0 saturated carbocycles. The number of amides is 1. The van der Waals surface area contributed by atoms with E-state index in [1.165, 1.54) is 17.7 Å². The number of nitrogens with zero attached hydrogens (tertiary/aromatic N) is 4. The van der Waals surface area contributed by atoms with Gasteiger partial charge in [-0.15, -0.1) is 11.3 Å². The molecule has 1 fully saturated rings. The van der Waals surface area contributed by atoms with Crippen LogP contribution in [0, 0.1) is 0 Å². The van der Waals surface area contributed by atoms with Crippen molar-refractivity contribution < 1.29 is 14.1 Å². The molecule has 0 spiro atoms. The molecule has 1 amide bonds. The first-order valence-electron chi connectivity index (χ1n) is 8.68. The maximum atomic E-state index is 13.0. The summed E-state index contributed by atoms with van der Waals surface area (Å²) in [6.07, 6.45) is 4.12. The molecule has 1 N–H and O–H groups in total. The number of aromatic nitrogens is 3. The highest BCUT2D eigenvalue weighted by Gasteiger charge is 2.32. The zero-order valence-corrected chi connectivity index (χ0v) is 15.6. The fourth-order valence-corrected chi connectivity index (χ4v) is 3.85. The molecule has 9 heteroatoms. The van der Waals surface area contributed by atoms with Gasteiger partial charge in [0.25, 0.3) is 5.91 Å². The van der Waals surface area contributed by atoms with Gasteiger partial charge in [-0.2, -0.15) is 4.98 Å². The molecule has 1 atom stereocenters. The quantitative estimate of drug-likeness (QED) is 0.716. The molecular formula is C18H19N5O3S. The lowest BCUT2D eigenvalue weighted by Gasteiger charge is -2.33. The number of anilines is 2. The lowest BCUT2D eigenvalue weighted by molar-refractivity contribution is 0.0591. The number of nitrogens with one attached hydrogen (secondary N) is 1. The van der Waals surface area contributed by atoms with Crippen molar-refractivity contribution >= 4 is 28.1 Å². The number of benzene rings is 1. The molecule has 2 aromatic heterocycles. The van der Waals surface area contributed by atoms with Gasteiger partial charge in [0, 0.05) is 17.6 Å². The van der Waals surface area contributed by atoms with Gasteiger partial charge in [-0.05, 0) is 43.5 Å². The van der Waals surface area contributed by atoms with Crippen LogP contribution in [0.4, 0.5) is 10.8 Å². The van der Waals surface area contributed by atoms with E-state index in [9.17, 15) is 4.79 Å². The number of hydrogen-bond donors (Lipinski definition) is 1. The minimum atomic E-state index is -0.162. The van der Waals surface area contributed by atoms with E-state index in [2.05, 4.69) is 20.4 Å². The van der Waals surface area contributed by atoms with Crippen LogP contribution < -0.4 is 10.1 Å². The fourth-order valence-electron chi connectivity index (χ4n) is 3.14. The van der Waals surface area contributed by atoms with Crippen LogP contribution >= 0.6 is 11.3 Å². The number of likely N-dealkylation sites (tertiary alicyclic amines) is 1. The molecule has 0 radical (unpaired) electrons. The number of rotatable bonds is 5. The standard InChI is InChI=1S/C18H19N5O3S/c1-25-13-7-5-12(6-8-13)20-18-21-14(10-27-18)17(24)23-9-3-2-4-15(23)16-19-11-26-22-16/h5-8,10-11,15H,2-4,9H2,1H3,(H,20,21). The topological polar surface area (TPSA) is 93.4 Å². The van der Waals surface area contributed by atoms with E-state index in [0.717, 1.165) is 30.7 Å². The SMILES string of the molecule is COc1ccc(Nc2nc(C(=O)N3CCCCC3c3ncon3)cs2)cc1. The van der Waals surface area contributed by atoms with Crippen molar-refractivity contribution in [2.45, 2.75) is 25.3 Å². The summed E-state index contributed by atoms with van der Waals surface area (Å²) < 4.78 is 10.0. The van der Waals surface area contributed by atoms with Crippen LogP contribution in [-0.2, 0) is 0 Å². The Labute approximate surface area is 160 Å². The van der Waals surface area contributed by atoms with Gasteiger partial charge >= 0.3 is 0 Å². The Balaban J connectivity index is 1.48. The molecule has 3 aromatic rings. The highest BCUT2D eigenvalue weighted by atomic mass is 32.1. The van der Waals surface area contributed by atoms with Gasteiger partial charge in [0.15, 0.2) is 11.0 Å². The minimum absolute atomic E-state index is 0.108. The molecule has 4 rings (SSSR count). The van der Waals surface area contributed by atoms with Crippen LogP contribution in [0.1, 0.15) is 41.6 Å². The predicted octanol–water partition coefficient (Wildman–Crippen LogP) is 3.65. The van der Waals surface area contributed by atoms with Gasteiger partial charge in [0.2, 0.25) is 6.39 Å².